The highest BCUT2D eigenvalue weighted by atomic mass is 79.9. The molecule has 0 amide bonds. The Morgan fingerprint density at radius 1 is 1.60 bits per heavy atom. The van der Waals surface area contributed by atoms with Crippen LogP contribution in [0.15, 0.2) is 27.6 Å². The van der Waals surface area contributed by atoms with Gasteiger partial charge in [-0.05, 0) is 44.0 Å². The maximum absolute atomic E-state index is 3.67. The number of benzene rings is 1. The second-order valence-electron chi connectivity index (χ2n) is 4.08. The molecule has 1 aromatic carbocycles. The van der Waals surface area contributed by atoms with E-state index in [1.165, 1.54) is 27.1 Å². The molecule has 2 atom stereocenters. The average Bonchev–Trinajstić information content (AvgIpc) is 2.63. The first-order valence-electron chi connectivity index (χ1n) is 5.31. The number of halogens is 1. The zero-order valence-corrected chi connectivity index (χ0v) is 11.5. The molecule has 0 saturated carbocycles. The largest absolute Gasteiger partial charge is 0.317 e. The van der Waals surface area contributed by atoms with Crippen LogP contribution in [0.5, 0.6) is 0 Å². The van der Waals surface area contributed by atoms with Crippen LogP contribution in [0.2, 0.25) is 0 Å². The van der Waals surface area contributed by atoms with Crippen LogP contribution in [0.4, 0.5) is 0 Å². The van der Waals surface area contributed by atoms with Gasteiger partial charge in [-0.1, -0.05) is 22.0 Å². The van der Waals surface area contributed by atoms with Crippen molar-refractivity contribution in [3.05, 3.63) is 28.2 Å². The first-order chi connectivity index (χ1) is 7.22. The third-order valence-electron chi connectivity index (χ3n) is 2.99. The summed E-state index contributed by atoms with van der Waals surface area (Å²) in [6.07, 6.45) is 1.22. The van der Waals surface area contributed by atoms with Gasteiger partial charge in [-0.15, -0.1) is 11.8 Å². The Morgan fingerprint density at radius 3 is 3.13 bits per heavy atom. The number of nitrogens with one attached hydrogen (secondary N) is 1. The average molecular weight is 286 g/mol. The van der Waals surface area contributed by atoms with E-state index in [0.29, 0.717) is 12.0 Å². The highest BCUT2D eigenvalue weighted by Gasteiger charge is 2.26. The van der Waals surface area contributed by atoms with Crippen molar-refractivity contribution < 1.29 is 0 Å². The van der Waals surface area contributed by atoms with E-state index in [-0.39, 0.29) is 0 Å². The third kappa shape index (κ3) is 2.40. The molecule has 0 bridgehead atoms. The lowest BCUT2D eigenvalue weighted by atomic mass is 9.95. The standard InChI is InChI=1S/C12H16BrNS/c1-8(14-2)6-9-7-15-11-5-3-4-10(13)12(9)11/h3-5,8-9,14H,6-7H2,1-2H3. The van der Waals surface area contributed by atoms with Gasteiger partial charge in [0.25, 0.3) is 0 Å². The monoisotopic (exact) mass is 285 g/mol. The summed E-state index contributed by atoms with van der Waals surface area (Å²) in [4.78, 5) is 1.46. The van der Waals surface area contributed by atoms with Crippen LogP contribution in [-0.2, 0) is 0 Å². The SMILES string of the molecule is CNC(C)CC1CSc2cccc(Br)c21. The Balaban J connectivity index is 2.20. The molecule has 1 nitrogen and oxygen atoms in total. The highest BCUT2D eigenvalue weighted by molar-refractivity contribution is 9.10. The van der Waals surface area contributed by atoms with E-state index < -0.39 is 0 Å². The molecule has 0 fully saturated rings. The van der Waals surface area contributed by atoms with Crippen LogP contribution < -0.4 is 5.32 Å². The van der Waals surface area contributed by atoms with Crippen molar-refractivity contribution in [2.75, 3.05) is 12.8 Å². The molecular weight excluding hydrogens is 270 g/mol. The second kappa shape index (κ2) is 4.89. The molecule has 1 aromatic rings. The van der Waals surface area contributed by atoms with E-state index in [2.05, 4.69) is 46.4 Å². The second-order valence-corrected chi connectivity index (χ2v) is 6.00. The maximum atomic E-state index is 3.67. The summed E-state index contributed by atoms with van der Waals surface area (Å²) < 4.78 is 1.28. The summed E-state index contributed by atoms with van der Waals surface area (Å²) >= 11 is 5.65. The molecule has 82 valence electrons. The minimum atomic E-state index is 0.591. The van der Waals surface area contributed by atoms with Crippen molar-refractivity contribution >= 4 is 27.7 Å². The first kappa shape index (κ1) is 11.5. The van der Waals surface area contributed by atoms with Gasteiger partial charge in [-0.25, -0.2) is 0 Å². The van der Waals surface area contributed by atoms with Crippen molar-refractivity contribution in [1.29, 1.82) is 0 Å². The molecule has 15 heavy (non-hydrogen) atoms. The van der Waals surface area contributed by atoms with E-state index in [1.54, 1.807) is 0 Å². The molecule has 1 aliphatic rings. The van der Waals surface area contributed by atoms with Gasteiger partial charge in [0.15, 0.2) is 0 Å². The van der Waals surface area contributed by atoms with E-state index >= 15 is 0 Å². The molecule has 1 heterocycles. The fraction of sp³-hybridized carbons (Fsp3) is 0.500. The van der Waals surface area contributed by atoms with E-state index in [0.717, 1.165) is 0 Å². The Labute approximate surface area is 104 Å². The van der Waals surface area contributed by atoms with Gasteiger partial charge in [0.1, 0.15) is 0 Å². The molecule has 3 heteroatoms. The summed E-state index contributed by atoms with van der Waals surface area (Å²) in [5.41, 5.74) is 1.52. The Morgan fingerprint density at radius 2 is 2.40 bits per heavy atom. The molecule has 0 saturated heterocycles. The molecule has 0 radical (unpaired) electrons. The van der Waals surface area contributed by atoms with Crippen molar-refractivity contribution in [1.82, 2.24) is 5.32 Å². The zero-order valence-electron chi connectivity index (χ0n) is 9.09. The van der Waals surface area contributed by atoms with Crippen LogP contribution in [-0.4, -0.2) is 18.8 Å². The quantitative estimate of drug-likeness (QED) is 0.910. The van der Waals surface area contributed by atoms with Crippen LogP contribution >= 0.6 is 27.7 Å². The number of hydrogen-bond donors (Lipinski definition) is 1. The molecule has 0 aromatic heterocycles. The topological polar surface area (TPSA) is 12.0 Å². The number of rotatable bonds is 3. The summed E-state index contributed by atoms with van der Waals surface area (Å²) in [6, 6.07) is 7.10. The summed E-state index contributed by atoms with van der Waals surface area (Å²) in [6.45, 7) is 2.25. The summed E-state index contributed by atoms with van der Waals surface area (Å²) in [5, 5.41) is 3.32. The highest BCUT2D eigenvalue weighted by Crippen LogP contribution is 2.45. The predicted molar refractivity (Wildman–Crippen MR) is 70.7 cm³/mol. The van der Waals surface area contributed by atoms with Crippen molar-refractivity contribution in [2.45, 2.75) is 30.2 Å². The number of hydrogen-bond acceptors (Lipinski definition) is 2. The number of thioether (sulfide) groups is 1. The lowest BCUT2D eigenvalue weighted by Gasteiger charge is -2.17. The van der Waals surface area contributed by atoms with Gasteiger partial charge in [0, 0.05) is 21.2 Å². The Hall–Kier alpha value is 0.01000. The van der Waals surface area contributed by atoms with Gasteiger partial charge in [-0.2, -0.15) is 0 Å². The van der Waals surface area contributed by atoms with Crippen LogP contribution in [0, 0.1) is 0 Å². The lowest BCUT2D eigenvalue weighted by molar-refractivity contribution is 0.519. The molecule has 1 N–H and O–H groups in total. The Bertz CT molecular complexity index is 353. The summed E-state index contributed by atoms with van der Waals surface area (Å²) in [7, 11) is 2.04. The van der Waals surface area contributed by atoms with E-state index in [9.17, 15) is 0 Å². The normalized spacial score (nSPS) is 21.4. The Kier molecular flexibility index (Phi) is 3.75. The minimum Gasteiger partial charge on any atom is -0.317 e. The molecule has 2 rings (SSSR count). The molecule has 0 spiro atoms. The van der Waals surface area contributed by atoms with Gasteiger partial charge in [-0.3, -0.25) is 0 Å². The van der Waals surface area contributed by atoms with Crippen molar-refractivity contribution in [2.24, 2.45) is 0 Å². The zero-order chi connectivity index (χ0) is 10.8. The van der Waals surface area contributed by atoms with Crippen LogP contribution in [0.3, 0.4) is 0 Å². The molecule has 1 aliphatic heterocycles. The summed E-state index contributed by atoms with van der Waals surface area (Å²) in [5.74, 6) is 1.92. The fourth-order valence-corrected chi connectivity index (χ4v) is 4.16. The van der Waals surface area contributed by atoms with Gasteiger partial charge in [0.05, 0.1) is 0 Å². The molecular formula is C12H16BrNS. The minimum absolute atomic E-state index is 0.591. The van der Waals surface area contributed by atoms with Gasteiger partial charge in [0.2, 0.25) is 0 Å². The van der Waals surface area contributed by atoms with E-state index in [1.807, 2.05) is 18.8 Å². The predicted octanol–water partition coefficient (Wildman–Crippen LogP) is 3.64. The van der Waals surface area contributed by atoms with E-state index in [4.69, 9.17) is 0 Å². The van der Waals surface area contributed by atoms with Crippen LogP contribution in [0.25, 0.3) is 0 Å². The van der Waals surface area contributed by atoms with Crippen LogP contribution in [0.1, 0.15) is 24.8 Å². The fourth-order valence-electron chi connectivity index (χ4n) is 2.04. The van der Waals surface area contributed by atoms with Crippen molar-refractivity contribution in [3.8, 4) is 0 Å². The van der Waals surface area contributed by atoms with Gasteiger partial charge < -0.3 is 5.32 Å². The molecule has 0 aliphatic carbocycles. The number of fused-ring (bicyclic) bond motifs is 1. The maximum Gasteiger partial charge on any atom is 0.0221 e. The van der Waals surface area contributed by atoms with Crippen molar-refractivity contribution in [3.63, 3.8) is 0 Å². The smallest absolute Gasteiger partial charge is 0.0221 e. The van der Waals surface area contributed by atoms with Gasteiger partial charge >= 0.3 is 0 Å². The molecule has 2 unspecified atom stereocenters. The third-order valence-corrected chi connectivity index (χ3v) is 4.92. The lowest BCUT2D eigenvalue weighted by Crippen LogP contribution is -2.23. The first-order valence-corrected chi connectivity index (χ1v) is 7.08.